The van der Waals surface area contributed by atoms with E-state index in [9.17, 15) is 13.3 Å². The molecule has 0 radical (unpaired) electrons. The predicted octanol–water partition coefficient (Wildman–Crippen LogP) is 5.08. The lowest BCUT2D eigenvalue weighted by Gasteiger charge is -2.11. The van der Waals surface area contributed by atoms with Crippen molar-refractivity contribution in [1.29, 1.82) is 5.41 Å². The van der Waals surface area contributed by atoms with E-state index in [4.69, 9.17) is 15.4 Å². The van der Waals surface area contributed by atoms with Crippen LogP contribution in [0.4, 0.5) is 13.3 Å². The van der Waals surface area contributed by atoms with Crippen LogP contribution in [0.25, 0.3) is 0 Å². The fourth-order valence-electron chi connectivity index (χ4n) is 2.07. The van der Waals surface area contributed by atoms with E-state index in [0.29, 0.717) is 11.3 Å². The van der Waals surface area contributed by atoms with Crippen LogP contribution >= 0.6 is 0 Å². The highest BCUT2D eigenvalue weighted by Crippen LogP contribution is 2.21. The van der Waals surface area contributed by atoms with Crippen molar-refractivity contribution in [2.24, 2.45) is 0 Å². The maximum Gasteiger partial charge on any atom is 0.167 e. The largest absolute Gasteiger partial charge is 0.489 e. The van der Waals surface area contributed by atoms with E-state index in [1.807, 2.05) is 0 Å². The summed E-state index contributed by atoms with van der Waals surface area (Å²) in [4.78, 5) is 4.25. The maximum absolute atomic E-state index is 14.0. The molecule has 0 amide bonds. The monoisotopic (exact) mass is 411 g/mol. The Morgan fingerprint density at radius 2 is 1.76 bits per heavy atom. The molecule has 0 saturated carbocycles. The molecule has 0 heterocycles. The third kappa shape index (κ3) is 9.13. The van der Waals surface area contributed by atoms with Crippen molar-refractivity contribution >= 4 is 6.21 Å². The van der Waals surface area contributed by atoms with E-state index in [1.165, 1.54) is 48.8 Å². The van der Waals surface area contributed by atoms with Crippen molar-refractivity contribution in [3.05, 3.63) is 71.9 Å². The Bertz CT molecular complexity index is 748. The van der Waals surface area contributed by atoms with Gasteiger partial charge in [0.2, 0.25) is 0 Å². The summed E-state index contributed by atoms with van der Waals surface area (Å²) in [5.41, 5.74) is -0.707. The van der Waals surface area contributed by atoms with Gasteiger partial charge in [-0.25, -0.2) is 8.78 Å². The van der Waals surface area contributed by atoms with Crippen LogP contribution < -0.4 is 14.9 Å². The van der Waals surface area contributed by atoms with Gasteiger partial charge in [0.25, 0.3) is 0 Å². The minimum Gasteiger partial charge on any atom is -0.489 e. The van der Waals surface area contributed by atoms with Crippen LogP contribution in [-0.2, 0) is 13.2 Å². The summed E-state index contributed by atoms with van der Waals surface area (Å²) in [5, 5.41) is 17.5. The highest BCUT2D eigenvalue weighted by atomic mass is 19.2. The van der Waals surface area contributed by atoms with Gasteiger partial charge in [0.1, 0.15) is 24.0 Å². The fourth-order valence-corrected chi connectivity index (χ4v) is 2.07. The number of ether oxygens (including phenoxy) is 1. The molecular weight excluding hydrogens is 387 g/mol. The van der Waals surface area contributed by atoms with Gasteiger partial charge in [-0.1, -0.05) is 24.4 Å². The molecule has 0 fully saturated rings. The Labute approximate surface area is 167 Å². The second-order valence-corrected chi connectivity index (χ2v) is 5.69. The van der Waals surface area contributed by atoms with Gasteiger partial charge in [-0.05, 0) is 60.8 Å². The van der Waals surface area contributed by atoms with Gasteiger partial charge in [0.05, 0.1) is 5.56 Å². The zero-order chi connectivity index (χ0) is 21.6. The average molecular weight is 411 g/mol. The SMILES string of the molecule is C=CNCc1cc(F)c(COc2ccc(ON(O)F)cc2)c(F)c1.CCCC=N. The molecule has 0 unspecified atom stereocenters. The third-order valence-corrected chi connectivity index (χ3v) is 3.47. The molecule has 3 N–H and O–H groups in total. The third-order valence-electron chi connectivity index (χ3n) is 3.47. The standard InChI is InChI=1S/C16H15F3N2O3.C4H9N/c1-2-20-9-11-7-15(17)14(16(18)8-11)10-23-12-3-5-13(6-4-12)24-21(19)22;1-2-3-4-5/h2-8,20,22H,1,9-10H2;4-5H,2-3H2,1H3. The summed E-state index contributed by atoms with van der Waals surface area (Å²) in [6, 6.07) is 7.86. The van der Waals surface area contributed by atoms with Gasteiger partial charge in [-0.2, -0.15) is 0 Å². The van der Waals surface area contributed by atoms with Gasteiger partial charge >= 0.3 is 0 Å². The van der Waals surface area contributed by atoms with Crippen LogP contribution in [0.1, 0.15) is 30.9 Å². The van der Waals surface area contributed by atoms with Crippen LogP contribution in [0.3, 0.4) is 0 Å². The number of nitrogens with one attached hydrogen (secondary N) is 2. The molecule has 0 aliphatic carbocycles. The lowest BCUT2D eigenvalue weighted by atomic mass is 10.1. The summed E-state index contributed by atoms with van der Waals surface area (Å²) in [5.74, 6) is -1.13. The molecule has 0 aliphatic rings. The number of nitrogens with zero attached hydrogens (tertiary/aromatic N) is 1. The second kappa shape index (κ2) is 13.2. The Hall–Kier alpha value is -3.04. The molecular formula is C20H24F3N3O3. The van der Waals surface area contributed by atoms with E-state index < -0.39 is 17.1 Å². The average Bonchev–Trinajstić information content (AvgIpc) is 2.67. The van der Waals surface area contributed by atoms with E-state index in [-0.39, 0.29) is 24.5 Å². The Morgan fingerprint density at radius 1 is 1.17 bits per heavy atom. The molecule has 0 bridgehead atoms. The number of rotatable bonds is 10. The maximum atomic E-state index is 14.0. The molecule has 0 aliphatic heterocycles. The molecule has 2 aromatic rings. The molecule has 0 atom stereocenters. The molecule has 0 aromatic heterocycles. The van der Waals surface area contributed by atoms with Gasteiger partial charge in [-0.3, -0.25) is 5.21 Å². The summed E-state index contributed by atoms with van der Waals surface area (Å²) < 4.78 is 45.4. The van der Waals surface area contributed by atoms with E-state index in [0.717, 1.165) is 12.8 Å². The number of benzene rings is 2. The molecule has 0 saturated heterocycles. The first-order valence-electron chi connectivity index (χ1n) is 8.76. The predicted molar refractivity (Wildman–Crippen MR) is 103 cm³/mol. The Kier molecular flexibility index (Phi) is 10.9. The smallest absolute Gasteiger partial charge is 0.167 e. The van der Waals surface area contributed by atoms with E-state index in [2.05, 4.69) is 23.7 Å². The fraction of sp³-hybridized carbons (Fsp3) is 0.250. The molecule has 2 aromatic carbocycles. The van der Waals surface area contributed by atoms with Gasteiger partial charge in [0, 0.05) is 6.54 Å². The zero-order valence-electron chi connectivity index (χ0n) is 16.0. The summed E-state index contributed by atoms with van der Waals surface area (Å²) in [6.45, 7) is 5.46. The Morgan fingerprint density at radius 3 is 2.21 bits per heavy atom. The van der Waals surface area contributed by atoms with Crippen LogP contribution in [0.2, 0.25) is 0 Å². The lowest BCUT2D eigenvalue weighted by Crippen LogP contribution is -2.11. The first kappa shape index (κ1) is 24.0. The molecule has 9 heteroatoms. The van der Waals surface area contributed by atoms with Crippen LogP contribution in [0.15, 0.2) is 49.2 Å². The molecule has 2 rings (SSSR count). The summed E-state index contributed by atoms with van der Waals surface area (Å²) >= 11 is 0. The van der Waals surface area contributed by atoms with Crippen molar-refractivity contribution in [3.8, 4) is 11.5 Å². The minimum absolute atomic E-state index is 0.0174. The van der Waals surface area contributed by atoms with Crippen molar-refractivity contribution in [1.82, 2.24) is 10.8 Å². The Balaban J connectivity index is 0.000000749. The van der Waals surface area contributed by atoms with Crippen molar-refractivity contribution in [3.63, 3.8) is 0 Å². The highest BCUT2D eigenvalue weighted by Gasteiger charge is 2.12. The van der Waals surface area contributed by atoms with E-state index >= 15 is 0 Å². The topological polar surface area (TPSA) is 77.8 Å². The minimum atomic E-state index is -0.941. The van der Waals surface area contributed by atoms with Crippen LogP contribution in [0.5, 0.6) is 11.5 Å². The first-order chi connectivity index (χ1) is 13.9. The number of halogens is 3. The summed E-state index contributed by atoms with van der Waals surface area (Å²) in [7, 11) is 0. The number of hydrogen-bond acceptors (Lipinski definition) is 6. The van der Waals surface area contributed by atoms with Crippen LogP contribution in [0, 0.1) is 17.0 Å². The van der Waals surface area contributed by atoms with Gasteiger partial charge in [0.15, 0.2) is 11.2 Å². The number of hydrogen-bond donors (Lipinski definition) is 3. The molecule has 0 spiro atoms. The zero-order valence-corrected chi connectivity index (χ0v) is 16.0. The number of unbranched alkanes of at least 4 members (excludes halogenated alkanes) is 1. The van der Waals surface area contributed by atoms with Crippen molar-refractivity contribution in [2.75, 3.05) is 0 Å². The van der Waals surface area contributed by atoms with Gasteiger partial charge < -0.3 is 20.3 Å². The van der Waals surface area contributed by atoms with Crippen molar-refractivity contribution in [2.45, 2.75) is 32.9 Å². The summed E-state index contributed by atoms with van der Waals surface area (Å²) in [6.07, 6.45) is 4.89. The lowest BCUT2D eigenvalue weighted by molar-refractivity contribution is -0.397. The van der Waals surface area contributed by atoms with Gasteiger partial charge in [-0.15, -0.1) is 0 Å². The molecule has 29 heavy (non-hydrogen) atoms. The molecule has 158 valence electrons. The first-order valence-corrected chi connectivity index (χ1v) is 8.76. The van der Waals surface area contributed by atoms with Crippen molar-refractivity contribution < 1.29 is 28.0 Å². The highest BCUT2D eigenvalue weighted by molar-refractivity contribution is 5.52. The normalized spacial score (nSPS) is 10.0. The quantitative estimate of drug-likeness (QED) is 0.289. The second-order valence-electron chi connectivity index (χ2n) is 5.69. The van der Waals surface area contributed by atoms with E-state index in [1.54, 1.807) is 0 Å². The van der Waals surface area contributed by atoms with Crippen LogP contribution in [-0.4, -0.2) is 16.9 Å². The molecule has 6 nitrogen and oxygen atoms in total.